The Kier molecular flexibility index (Phi) is 11.3. The summed E-state index contributed by atoms with van der Waals surface area (Å²) >= 11 is 3.78. The summed E-state index contributed by atoms with van der Waals surface area (Å²) in [4.78, 5) is 69.2. The van der Waals surface area contributed by atoms with Gasteiger partial charge in [-0.1, -0.05) is 0 Å². The van der Waals surface area contributed by atoms with Gasteiger partial charge in [0.1, 0.15) is 18.1 Å². The lowest BCUT2D eigenvalue weighted by molar-refractivity contribution is -0.143. The second kappa shape index (κ2) is 12.6. The highest BCUT2D eigenvalue weighted by molar-refractivity contribution is 7.80. The average molecular weight is 436 g/mol. The van der Waals surface area contributed by atoms with Crippen LogP contribution < -0.4 is 21.7 Å². The monoisotopic (exact) mass is 436 g/mol. The van der Waals surface area contributed by atoms with Crippen molar-refractivity contribution in [1.82, 2.24) is 16.0 Å². The molecule has 8 N–H and O–H groups in total. The van der Waals surface area contributed by atoms with Crippen molar-refractivity contribution in [3.63, 3.8) is 0 Å². The Morgan fingerprint density at radius 1 is 0.828 bits per heavy atom. The average Bonchev–Trinajstić information content (AvgIpc) is 2.60. The van der Waals surface area contributed by atoms with Crippen LogP contribution >= 0.6 is 12.6 Å². The summed E-state index contributed by atoms with van der Waals surface area (Å²) in [5.74, 6) is -7.29. The smallest absolute Gasteiger partial charge is 0.327 e. The third kappa shape index (κ3) is 10.3. The van der Waals surface area contributed by atoms with Crippen LogP contribution in [-0.2, 0) is 28.8 Å². The molecule has 0 heterocycles. The number of rotatable bonds is 13. The van der Waals surface area contributed by atoms with Crippen LogP contribution in [0.3, 0.4) is 0 Å². The highest BCUT2D eigenvalue weighted by Gasteiger charge is 2.31. The number of nitrogens with two attached hydrogens (primary N) is 1. The first kappa shape index (κ1) is 26.1. The van der Waals surface area contributed by atoms with Gasteiger partial charge in [0.25, 0.3) is 0 Å². The Balaban J connectivity index is 5.42. The second-order valence-electron chi connectivity index (χ2n) is 6.02. The summed E-state index contributed by atoms with van der Waals surface area (Å²) < 4.78 is 0. The molecular weight excluding hydrogens is 412 g/mol. The summed E-state index contributed by atoms with van der Waals surface area (Å²) in [5.41, 5.74) is 5.36. The molecule has 0 aromatic carbocycles. The Bertz CT molecular complexity index is 656. The van der Waals surface area contributed by atoms with Crippen molar-refractivity contribution in [2.45, 2.75) is 50.4 Å². The number of amides is 3. The topological polar surface area (TPSA) is 225 Å². The SMILES string of the molecule is CC(N)C(=O)NC(CC(=O)O)C(=O)NC(CCC(=O)O)C(=O)NC(CS)C(=O)O. The van der Waals surface area contributed by atoms with Crippen molar-refractivity contribution in [3.05, 3.63) is 0 Å². The lowest BCUT2D eigenvalue weighted by atomic mass is 10.1. The van der Waals surface area contributed by atoms with Crippen molar-refractivity contribution in [3.8, 4) is 0 Å². The van der Waals surface area contributed by atoms with Gasteiger partial charge in [0.15, 0.2) is 0 Å². The van der Waals surface area contributed by atoms with Gasteiger partial charge in [-0.2, -0.15) is 12.6 Å². The van der Waals surface area contributed by atoms with Gasteiger partial charge in [-0.15, -0.1) is 0 Å². The maximum absolute atomic E-state index is 12.4. The molecule has 29 heavy (non-hydrogen) atoms. The van der Waals surface area contributed by atoms with E-state index in [9.17, 15) is 28.8 Å². The standard InChI is InChI=1S/C15H24N4O9S/c1-6(16)12(24)18-8(4-11(22)23)14(26)17-7(2-3-10(20)21)13(25)19-9(5-29)15(27)28/h6-9,29H,2-5,16H2,1H3,(H,17,26)(H,18,24)(H,19,25)(H,20,21)(H,22,23)(H,27,28). The fourth-order valence-electron chi connectivity index (χ4n) is 1.95. The lowest BCUT2D eigenvalue weighted by Gasteiger charge is -2.23. The maximum Gasteiger partial charge on any atom is 0.327 e. The molecule has 13 nitrogen and oxygen atoms in total. The molecule has 0 saturated carbocycles. The molecule has 164 valence electrons. The quantitative estimate of drug-likeness (QED) is 0.138. The van der Waals surface area contributed by atoms with Gasteiger partial charge in [-0.05, 0) is 13.3 Å². The van der Waals surface area contributed by atoms with Crippen molar-refractivity contribution in [1.29, 1.82) is 0 Å². The van der Waals surface area contributed by atoms with E-state index in [4.69, 9.17) is 21.1 Å². The molecule has 0 bridgehead atoms. The molecule has 0 aliphatic carbocycles. The molecule has 4 unspecified atom stereocenters. The molecule has 0 fully saturated rings. The fraction of sp³-hybridized carbons (Fsp3) is 0.600. The zero-order valence-corrected chi connectivity index (χ0v) is 16.3. The highest BCUT2D eigenvalue weighted by atomic mass is 32.1. The van der Waals surface area contributed by atoms with E-state index in [2.05, 4.69) is 28.6 Å². The van der Waals surface area contributed by atoms with Crippen LogP contribution in [0.2, 0.25) is 0 Å². The first-order chi connectivity index (χ1) is 13.4. The molecule has 3 amide bonds. The first-order valence-corrected chi connectivity index (χ1v) is 8.96. The number of nitrogens with one attached hydrogen (secondary N) is 3. The van der Waals surface area contributed by atoms with Crippen LogP contribution in [-0.4, -0.2) is 80.9 Å². The van der Waals surface area contributed by atoms with Gasteiger partial charge in [0, 0.05) is 12.2 Å². The van der Waals surface area contributed by atoms with E-state index in [1.54, 1.807) is 0 Å². The summed E-state index contributed by atoms with van der Waals surface area (Å²) in [6.45, 7) is 1.30. The predicted molar refractivity (Wildman–Crippen MR) is 100 cm³/mol. The molecule has 0 aliphatic rings. The number of carboxylic acid groups (broad SMARTS) is 3. The Labute approximate surface area is 170 Å². The largest absolute Gasteiger partial charge is 0.481 e. The van der Waals surface area contributed by atoms with Crippen LogP contribution in [0.15, 0.2) is 0 Å². The minimum absolute atomic E-state index is 0.271. The van der Waals surface area contributed by atoms with Crippen molar-refractivity contribution in [2.75, 3.05) is 5.75 Å². The van der Waals surface area contributed by atoms with Crippen LogP contribution in [0.1, 0.15) is 26.2 Å². The maximum atomic E-state index is 12.4. The minimum Gasteiger partial charge on any atom is -0.481 e. The van der Waals surface area contributed by atoms with E-state index in [0.29, 0.717) is 0 Å². The van der Waals surface area contributed by atoms with Gasteiger partial charge in [0.05, 0.1) is 12.5 Å². The summed E-state index contributed by atoms with van der Waals surface area (Å²) in [7, 11) is 0. The molecule has 0 aliphatic heterocycles. The van der Waals surface area contributed by atoms with Gasteiger partial charge < -0.3 is 37.0 Å². The van der Waals surface area contributed by atoms with Gasteiger partial charge in [0.2, 0.25) is 17.7 Å². The third-order valence-electron chi connectivity index (χ3n) is 3.50. The molecule has 0 saturated heterocycles. The summed E-state index contributed by atoms with van der Waals surface area (Å²) in [5, 5.41) is 33.0. The number of hydrogen-bond acceptors (Lipinski definition) is 8. The Hall–Kier alpha value is -2.87. The Morgan fingerprint density at radius 3 is 1.72 bits per heavy atom. The number of hydrogen-bond donors (Lipinski definition) is 8. The second-order valence-corrected chi connectivity index (χ2v) is 6.39. The Morgan fingerprint density at radius 2 is 1.31 bits per heavy atom. The van der Waals surface area contributed by atoms with Crippen LogP contribution in [0.5, 0.6) is 0 Å². The van der Waals surface area contributed by atoms with Crippen molar-refractivity contribution in [2.24, 2.45) is 5.73 Å². The first-order valence-electron chi connectivity index (χ1n) is 8.33. The van der Waals surface area contributed by atoms with Gasteiger partial charge >= 0.3 is 17.9 Å². The lowest BCUT2D eigenvalue weighted by Crippen LogP contribution is -2.57. The van der Waals surface area contributed by atoms with E-state index in [-0.39, 0.29) is 5.75 Å². The summed E-state index contributed by atoms with van der Waals surface area (Å²) in [6, 6.07) is -5.53. The number of carbonyl (C=O) groups is 6. The molecule has 14 heteroatoms. The third-order valence-corrected chi connectivity index (χ3v) is 3.87. The number of aliphatic carboxylic acids is 3. The fourth-order valence-corrected chi connectivity index (χ4v) is 2.20. The van der Waals surface area contributed by atoms with E-state index in [1.165, 1.54) is 6.92 Å². The van der Waals surface area contributed by atoms with Crippen molar-refractivity contribution < 1.29 is 44.1 Å². The molecule has 0 aromatic rings. The summed E-state index contributed by atoms with van der Waals surface area (Å²) in [6.07, 6.45) is -1.79. The number of thiol groups is 1. The molecule has 0 spiro atoms. The highest BCUT2D eigenvalue weighted by Crippen LogP contribution is 2.03. The number of carboxylic acids is 3. The van der Waals surface area contributed by atoms with E-state index in [1.807, 2.05) is 0 Å². The molecule has 0 radical (unpaired) electrons. The molecule has 0 aromatic heterocycles. The zero-order chi connectivity index (χ0) is 22.7. The van der Waals surface area contributed by atoms with Crippen LogP contribution in [0.25, 0.3) is 0 Å². The van der Waals surface area contributed by atoms with Crippen LogP contribution in [0, 0.1) is 0 Å². The zero-order valence-electron chi connectivity index (χ0n) is 15.5. The predicted octanol–water partition coefficient (Wildman–Crippen LogP) is -2.86. The minimum atomic E-state index is -1.59. The van der Waals surface area contributed by atoms with Gasteiger partial charge in [-0.3, -0.25) is 24.0 Å². The molecule has 0 rings (SSSR count). The van der Waals surface area contributed by atoms with Gasteiger partial charge in [-0.25, -0.2) is 4.79 Å². The normalized spacial score (nSPS) is 14.6. The van der Waals surface area contributed by atoms with Crippen LogP contribution in [0.4, 0.5) is 0 Å². The molecular formula is C15H24N4O9S. The van der Waals surface area contributed by atoms with E-state index < -0.39 is 79.1 Å². The molecule has 4 atom stereocenters. The number of carbonyl (C=O) groups excluding carboxylic acids is 3. The van der Waals surface area contributed by atoms with Crippen molar-refractivity contribution >= 4 is 48.3 Å². The van der Waals surface area contributed by atoms with E-state index >= 15 is 0 Å². The van der Waals surface area contributed by atoms with E-state index in [0.717, 1.165) is 0 Å².